The number of allylic oxidation sites excluding steroid dienone is 2. The van der Waals surface area contributed by atoms with E-state index < -0.39 is 0 Å². The number of piperazine rings is 1. The second-order valence-corrected chi connectivity index (χ2v) is 9.09. The van der Waals surface area contributed by atoms with E-state index in [4.69, 9.17) is 5.10 Å². The minimum Gasteiger partial charge on any atom is -0.354 e. The molecule has 0 spiro atoms. The van der Waals surface area contributed by atoms with Crippen LogP contribution in [0.3, 0.4) is 0 Å². The molecule has 0 atom stereocenters. The summed E-state index contributed by atoms with van der Waals surface area (Å²) in [5.41, 5.74) is 6.28. The fourth-order valence-electron chi connectivity index (χ4n) is 4.14. The van der Waals surface area contributed by atoms with Crippen molar-refractivity contribution in [1.82, 2.24) is 30.4 Å². The van der Waals surface area contributed by atoms with E-state index >= 15 is 0 Å². The molecule has 8 heteroatoms. The number of hydrogen-bond acceptors (Lipinski definition) is 5. The van der Waals surface area contributed by atoms with Crippen LogP contribution in [0.4, 0.5) is 10.6 Å². The van der Waals surface area contributed by atoms with Crippen molar-refractivity contribution in [2.24, 2.45) is 0 Å². The van der Waals surface area contributed by atoms with Crippen molar-refractivity contribution in [3.8, 4) is 5.69 Å². The number of carbonyl (C=O) groups excluding carboxylic acids is 1. The molecule has 1 aromatic heterocycles. The number of carbonyl (C=O) groups is 1. The average Bonchev–Trinajstić information content (AvgIpc) is 3.42. The molecule has 3 heterocycles. The lowest BCUT2D eigenvalue weighted by molar-refractivity contribution is 0.161. The highest BCUT2D eigenvalue weighted by Crippen LogP contribution is 2.47. The molecule has 2 fully saturated rings. The summed E-state index contributed by atoms with van der Waals surface area (Å²) >= 11 is 0. The number of aryl methyl sites for hydroxylation is 1. The molecule has 3 aliphatic rings. The molecule has 0 radical (unpaired) electrons. The molecule has 8 nitrogen and oxygen atoms in total. The Labute approximate surface area is 188 Å². The largest absolute Gasteiger partial charge is 0.354 e. The molecule has 0 bridgehead atoms. The first-order valence-corrected chi connectivity index (χ1v) is 11.4. The molecule has 2 aromatic rings. The summed E-state index contributed by atoms with van der Waals surface area (Å²) in [6, 6.07) is 9.92. The van der Waals surface area contributed by atoms with E-state index in [1.807, 2.05) is 40.0 Å². The molecule has 32 heavy (non-hydrogen) atoms. The van der Waals surface area contributed by atoms with Gasteiger partial charge < -0.3 is 10.2 Å². The van der Waals surface area contributed by atoms with Crippen molar-refractivity contribution in [2.45, 2.75) is 32.1 Å². The molecule has 1 aliphatic carbocycles. The smallest absolute Gasteiger partial charge is 0.339 e. The first-order chi connectivity index (χ1) is 15.5. The number of hydrogen-bond donors (Lipinski definition) is 3. The van der Waals surface area contributed by atoms with Crippen molar-refractivity contribution < 1.29 is 4.79 Å². The monoisotopic (exact) mass is 433 g/mol. The van der Waals surface area contributed by atoms with Crippen LogP contribution >= 0.6 is 0 Å². The number of benzene rings is 1. The van der Waals surface area contributed by atoms with Crippen molar-refractivity contribution >= 4 is 11.8 Å². The maximum Gasteiger partial charge on any atom is 0.339 e. The van der Waals surface area contributed by atoms with Gasteiger partial charge in [0.25, 0.3) is 0 Å². The predicted octanol–water partition coefficient (Wildman–Crippen LogP) is 2.89. The van der Waals surface area contributed by atoms with Crippen molar-refractivity contribution in [3.05, 3.63) is 65.6 Å². The van der Waals surface area contributed by atoms with Crippen LogP contribution in [-0.2, 0) is 5.41 Å². The molecule has 168 valence electrons. The van der Waals surface area contributed by atoms with E-state index in [1.165, 1.54) is 5.56 Å². The van der Waals surface area contributed by atoms with Gasteiger partial charge in [-0.3, -0.25) is 10.3 Å². The van der Waals surface area contributed by atoms with Gasteiger partial charge in [0.05, 0.1) is 17.9 Å². The topological polar surface area (TPSA) is 77.5 Å². The zero-order valence-corrected chi connectivity index (χ0v) is 18.8. The summed E-state index contributed by atoms with van der Waals surface area (Å²) in [7, 11) is 0. The van der Waals surface area contributed by atoms with Gasteiger partial charge >= 0.3 is 6.03 Å². The van der Waals surface area contributed by atoms with E-state index in [2.05, 4.69) is 53.0 Å². The highest BCUT2D eigenvalue weighted by Gasteiger charge is 2.42. The van der Waals surface area contributed by atoms with Gasteiger partial charge in [0.1, 0.15) is 11.6 Å². The van der Waals surface area contributed by atoms with Crippen LogP contribution in [0, 0.1) is 6.92 Å². The second kappa shape index (κ2) is 8.35. The van der Waals surface area contributed by atoms with Crippen LogP contribution in [0.25, 0.3) is 5.69 Å². The van der Waals surface area contributed by atoms with E-state index in [1.54, 1.807) is 0 Å². The van der Waals surface area contributed by atoms with E-state index in [-0.39, 0.29) is 11.4 Å². The van der Waals surface area contributed by atoms with E-state index in [0.717, 1.165) is 56.2 Å². The summed E-state index contributed by atoms with van der Waals surface area (Å²) in [4.78, 5) is 15.3. The number of nitrogens with zero attached hydrogens (tertiary/aromatic N) is 4. The van der Waals surface area contributed by atoms with Crippen LogP contribution in [0.2, 0.25) is 0 Å². The number of aromatic nitrogens is 2. The molecule has 1 saturated carbocycles. The third kappa shape index (κ3) is 4.23. The fraction of sp³-hybridized carbons (Fsp3) is 0.417. The standard InChI is InChI=1S/C24H31N7O/c1-18-6-8-19(9-7-18)31-21(17-20(27-31)24(2)10-11-24)26-23(32)28-30-14-4-3-5-22(30)29-15-12-25-13-16-29/h3-9,17,25H,10-16H2,1-2H3,(H2,26,28,32). The molecule has 0 unspecified atom stereocenters. The van der Waals surface area contributed by atoms with Gasteiger partial charge in [-0.1, -0.05) is 36.8 Å². The molecule has 2 amide bonds. The van der Waals surface area contributed by atoms with Crippen LogP contribution in [0.15, 0.2) is 54.4 Å². The normalized spacial score (nSPS) is 19.5. The zero-order valence-electron chi connectivity index (χ0n) is 18.8. The van der Waals surface area contributed by atoms with Crippen molar-refractivity contribution in [2.75, 3.05) is 38.0 Å². The molecule has 5 rings (SSSR count). The minimum absolute atomic E-state index is 0.110. The summed E-state index contributed by atoms with van der Waals surface area (Å²) in [5, 5.41) is 13.2. The quantitative estimate of drug-likeness (QED) is 0.676. The Morgan fingerprint density at radius 3 is 2.62 bits per heavy atom. The van der Waals surface area contributed by atoms with Gasteiger partial charge in [0.2, 0.25) is 0 Å². The van der Waals surface area contributed by atoms with E-state index in [9.17, 15) is 4.79 Å². The summed E-state index contributed by atoms with van der Waals surface area (Å²) < 4.78 is 1.83. The number of anilines is 1. The molecular weight excluding hydrogens is 402 g/mol. The number of nitrogens with one attached hydrogen (secondary N) is 3. The van der Waals surface area contributed by atoms with E-state index in [0.29, 0.717) is 12.4 Å². The lowest BCUT2D eigenvalue weighted by Gasteiger charge is -2.38. The highest BCUT2D eigenvalue weighted by atomic mass is 16.2. The maximum atomic E-state index is 13.0. The Kier molecular flexibility index (Phi) is 5.38. The Balaban J connectivity index is 1.34. The number of hydrazine groups is 1. The van der Waals surface area contributed by atoms with Gasteiger partial charge in [0.15, 0.2) is 0 Å². The molecule has 1 saturated heterocycles. The third-order valence-electron chi connectivity index (χ3n) is 6.47. The SMILES string of the molecule is Cc1ccc(-n2nc(C3(C)CC3)cc2NC(=O)NN2CC=CC=C2N2CCNCC2)cc1. The summed E-state index contributed by atoms with van der Waals surface area (Å²) in [5.74, 6) is 1.69. The average molecular weight is 434 g/mol. The first-order valence-electron chi connectivity index (χ1n) is 11.4. The van der Waals surface area contributed by atoms with Gasteiger partial charge in [-0.25, -0.2) is 14.9 Å². The number of rotatable bonds is 5. The summed E-state index contributed by atoms with van der Waals surface area (Å²) in [6.45, 7) is 8.64. The van der Waals surface area contributed by atoms with Gasteiger partial charge in [-0.05, 0) is 38.0 Å². The predicted molar refractivity (Wildman–Crippen MR) is 125 cm³/mol. The lowest BCUT2D eigenvalue weighted by Crippen LogP contribution is -2.52. The number of urea groups is 1. The van der Waals surface area contributed by atoms with Gasteiger partial charge in [-0.15, -0.1) is 0 Å². The van der Waals surface area contributed by atoms with Crippen LogP contribution in [0.1, 0.15) is 31.0 Å². The maximum absolute atomic E-state index is 13.0. The zero-order chi connectivity index (χ0) is 22.1. The Hall–Kier alpha value is -3.26. The molecule has 1 aromatic carbocycles. The van der Waals surface area contributed by atoms with Crippen molar-refractivity contribution in [3.63, 3.8) is 0 Å². The van der Waals surface area contributed by atoms with Gasteiger partial charge in [-0.2, -0.15) is 5.10 Å². The molecule has 2 aliphatic heterocycles. The highest BCUT2D eigenvalue weighted by molar-refractivity contribution is 5.88. The third-order valence-corrected chi connectivity index (χ3v) is 6.47. The first kappa shape index (κ1) is 20.6. The molecule has 3 N–H and O–H groups in total. The van der Waals surface area contributed by atoms with Crippen LogP contribution in [0.5, 0.6) is 0 Å². The summed E-state index contributed by atoms with van der Waals surface area (Å²) in [6.07, 6.45) is 8.39. The van der Waals surface area contributed by atoms with Crippen LogP contribution in [-0.4, -0.2) is 58.4 Å². The lowest BCUT2D eigenvalue weighted by atomic mass is 10.1. The fourth-order valence-corrected chi connectivity index (χ4v) is 4.14. The number of amides is 2. The molecular formula is C24H31N7O. The minimum atomic E-state index is -0.276. The van der Waals surface area contributed by atoms with Crippen molar-refractivity contribution in [1.29, 1.82) is 0 Å². The van der Waals surface area contributed by atoms with Gasteiger partial charge in [0, 0.05) is 37.7 Å². The Morgan fingerprint density at radius 2 is 1.91 bits per heavy atom. The Morgan fingerprint density at radius 1 is 1.16 bits per heavy atom. The Bertz CT molecular complexity index is 1040. The van der Waals surface area contributed by atoms with Crippen LogP contribution < -0.4 is 16.1 Å². The second-order valence-electron chi connectivity index (χ2n) is 9.09.